The number of carboxylic acid groups (broad SMARTS) is 1. The molecule has 0 spiro atoms. The van der Waals surface area contributed by atoms with E-state index in [2.05, 4.69) is 6.58 Å². The van der Waals surface area contributed by atoms with Crippen molar-refractivity contribution in [2.45, 2.75) is 12.3 Å². The Balaban J connectivity index is 3.86. The number of carboxylic acids is 1. The van der Waals surface area contributed by atoms with Crippen LogP contribution in [0.25, 0.3) is 0 Å². The molecule has 0 radical (unpaired) electrons. The minimum absolute atomic E-state index is 0.832. The van der Waals surface area contributed by atoms with Gasteiger partial charge in [0.1, 0.15) is 6.10 Å². The van der Waals surface area contributed by atoms with Crippen LogP contribution < -0.4 is 0 Å². The summed E-state index contributed by atoms with van der Waals surface area (Å²) in [5, 5.41) is 16.3. The topological polar surface area (TPSA) is 57.5 Å². The van der Waals surface area contributed by atoms with Gasteiger partial charge in [0.05, 0.1) is 0 Å². The SMILES string of the molecule is C=CC(O)C(F)C(=O)O. The third kappa shape index (κ3) is 2.23. The van der Waals surface area contributed by atoms with Crippen molar-refractivity contribution in [2.24, 2.45) is 0 Å². The Kier molecular flexibility index (Phi) is 2.87. The monoisotopic (exact) mass is 134 g/mol. The van der Waals surface area contributed by atoms with Gasteiger partial charge in [-0.2, -0.15) is 0 Å². The van der Waals surface area contributed by atoms with Crippen molar-refractivity contribution in [3.05, 3.63) is 12.7 Å². The number of aliphatic hydroxyl groups is 1. The Morgan fingerprint density at radius 1 is 1.78 bits per heavy atom. The van der Waals surface area contributed by atoms with Crippen molar-refractivity contribution >= 4 is 5.97 Å². The molecule has 9 heavy (non-hydrogen) atoms. The summed E-state index contributed by atoms with van der Waals surface area (Å²) in [5.41, 5.74) is 0. The molecule has 0 aliphatic heterocycles. The molecule has 0 aromatic rings. The molecule has 4 heteroatoms. The van der Waals surface area contributed by atoms with E-state index >= 15 is 0 Å². The van der Waals surface area contributed by atoms with E-state index in [1.165, 1.54) is 0 Å². The second kappa shape index (κ2) is 3.19. The van der Waals surface area contributed by atoms with Gasteiger partial charge < -0.3 is 10.2 Å². The smallest absolute Gasteiger partial charge is 0.341 e. The lowest BCUT2D eigenvalue weighted by Crippen LogP contribution is -2.27. The summed E-state index contributed by atoms with van der Waals surface area (Å²) < 4.78 is 12.0. The molecule has 0 saturated heterocycles. The van der Waals surface area contributed by atoms with E-state index in [9.17, 15) is 9.18 Å². The molecule has 2 unspecified atom stereocenters. The summed E-state index contributed by atoms with van der Waals surface area (Å²) in [7, 11) is 0. The highest BCUT2D eigenvalue weighted by Crippen LogP contribution is 1.98. The van der Waals surface area contributed by atoms with Gasteiger partial charge in [-0.3, -0.25) is 0 Å². The van der Waals surface area contributed by atoms with Crippen LogP contribution in [0, 0.1) is 0 Å². The minimum atomic E-state index is -2.26. The number of carbonyl (C=O) groups is 1. The van der Waals surface area contributed by atoms with Crippen molar-refractivity contribution in [2.75, 3.05) is 0 Å². The van der Waals surface area contributed by atoms with E-state index in [-0.39, 0.29) is 0 Å². The number of hydrogen-bond donors (Lipinski definition) is 2. The van der Waals surface area contributed by atoms with Crippen LogP contribution in [0.1, 0.15) is 0 Å². The fraction of sp³-hybridized carbons (Fsp3) is 0.400. The number of aliphatic carboxylic acids is 1. The van der Waals surface area contributed by atoms with Gasteiger partial charge in [0, 0.05) is 0 Å². The number of hydrogen-bond acceptors (Lipinski definition) is 2. The maximum atomic E-state index is 12.0. The molecule has 0 aromatic carbocycles. The van der Waals surface area contributed by atoms with E-state index in [0.717, 1.165) is 6.08 Å². The molecule has 0 amide bonds. The van der Waals surface area contributed by atoms with Crippen LogP contribution in [0.3, 0.4) is 0 Å². The number of alkyl halides is 1. The van der Waals surface area contributed by atoms with Gasteiger partial charge in [0.2, 0.25) is 6.17 Å². The molecule has 0 aromatic heterocycles. The molecule has 0 aliphatic rings. The summed E-state index contributed by atoms with van der Waals surface area (Å²) in [6.45, 7) is 3.01. The molecule has 2 atom stereocenters. The highest BCUT2D eigenvalue weighted by Gasteiger charge is 2.22. The van der Waals surface area contributed by atoms with Gasteiger partial charge in [-0.25, -0.2) is 9.18 Å². The molecule has 2 N–H and O–H groups in total. The molecule has 0 heterocycles. The lowest BCUT2D eigenvalue weighted by Gasteiger charge is -2.04. The Hall–Kier alpha value is -0.900. The maximum Gasteiger partial charge on any atom is 0.341 e. The van der Waals surface area contributed by atoms with Gasteiger partial charge >= 0.3 is 5.97 Å². The highest BCUT2D eigenvalue weighted by molar-refractivity contribution is 5.73. The summed E-state index contributed by atoms with van der Waals surface area (Å²) in [6, 6.07) is 0. The summed E-state index contributed by atoms with van der Waals surface area (Å²) >= 11 is 0. The molecule has 0 saturated carbocycles. The first-order valence-corrected chi connectivity index (χ1v) is 2.27. The van der Waals surface area contributed by atoms with Gasteiger partial charge in [-0.1, -0.05) is 6.08 Å². The van der Waals surface area contributed by atoms with E-state index in [4.69, 9.17) is 10.2 Å². The second-order valence-corrected chi connectivity index (χ2v) is 1.47. The maximum absolute atomic E-state index is 12.0. The minimum Gasteiger partial charge on any atom is -0.479 e. The molecule has 52 valence electrons. The molecule has 0 aliphatic carbocycles. The van der Waals surface area contributed by atoms with E-state index < -0.39 is 18.2 Å². The van der Waals surface area contributed by atoms with E-state index in [1.807, 2.05) is 0 Å². The van der Waals surface area contributed by atoms with Crippen molar-refractivity contribution in [3.63, 3.8) is 0 Å². The molecule has 0 rings (SSSR count). The van der Waals surface area contributed by atoms with Crippen molar-refractivity contribution in [1.82, 2.24) is 0 Å². The normalized spacial score (nSPS) is 16.2. The van der Waals surface area contributed by atoms with Crippen LogP contribution >= 0.6 is 0 Å². The van der Waals surface area contributed by atoms with Crippen LogP contribution in [0.4, 0.5) is 4.39 Å². The number of aliphatic hydroxyl groups excluding tert-OH is 1. The van der Waals surface area contributed by atoms with Crippen LogP contribution in [0.15, 0.2) is 12.7 Å². The summed E-state index contributed by atoms with van der Waals surface area (Å²) in [6.07, 6.45) is -3.04. The number of rotatable bonds is 3. The Bertz CT molecular complexity index is 123. The molecule has 3 nitrogen and oxygen atoms in total. The van der Waals surface area contributed by atoms with E-state index in [0.29, 0.717) is 0 Å². The van der Waals surface area contributed by atoms with Crippen LogP contribution in [0.2, 0.25) is 0 Å². The largest absolute Gasteiger partial charge is 0.479 e. The van der Waals surface area contributed by atoms with E-state index in [1.54, 1.807) is 0 Å². The fourth-order valence-corrected chi connectivity index (χ4v) is 0.266. The first kappa shape index (κ1) is 8.10. The lowest BCUT2D eigenvalue weighted by atomic mass is 10.2. The van der Waals surface area contributed by atoms with Gasteiger partial charge in [-0.15, -0.1) is 6.58 Å². The van der Waals surface area contributed by atoms with Crippen LogP contribution in [0.5, 0.6) is 0 Å². The van der Waals surface area contributed by atoms with Gasteiger partial charge in [0.15, 0.2) is 0 Å². The number of halogens is 1. The van der Waals surface area contributed by atoms with Crippen molar-refractivity contribution < 1.29 is 19.4 Å². The predicted molar refractivity (Wildman–Crippen MR) is 28.7 cm³/mol. The molecule has 0 fully saturated rings. The zero-order valence-electron chi connectivity index (χ0n) is 4.62. The zero-order chi connectivity index (χ0) is 7.44. The average Bonchev–Trinajstić information content (AvgIpc) is 1.84. The van der Waals surface area contributed by atoms with Gasteiger partial charge in [0.25, 0.3) is 0 Å². The third-order valence-corrected chi connectivity index (χ3v) is 0.777. The van der Waals surface area contributed by atoms with Crippen LogP contribution in [-0.2, 0) is 4.79 Å². The zero-order valence-corrected chi connectivity index (χ0v) is 4.62. The first-order valence-electron chi connectivity index (χ1n) is 2.27. The fourth-order valence-electron chi connectivity index (χ4n) is 0.266. The molecule has 0 bridgehead atoms. The molecular weight excluding hydrogens is 127 g/mol. The Morgan fingerprint density at radius 2 is 2.22 bits per heavy atom. The van der Waals surface area contributed by atoms with Gasteiger partial charge in [-0.05, 0) is 0 Å². The average molecular weight is 134 g/mol. The first-order chi connectivity index (χ1) is 4.09. The lowest BCUT2D eigenvalue weighted by molar-refractivity contribution is -0.145. The van der Waals surface area contributed by atoms with Crippen molar-refractivity contribution in [1.29, 1.82) is 0 Å². The Labute approximate surface area is 51.4 Å². The predicted octanol–water partition coefficient (Wildman–Crippen LogP) is -0.0440. The Morgan fingerprint density at radius 3 is 2.33 bits per heavy atom. The quantitative estimate of drug-likeness (QED) is 0.532. The summed E-state index contributed by atoms with van der Waals surface area (Å²) in [5.74, 6) is -1.68. The standard InChI is InChI=1S/C5H7FO3/c1-2-3(7)4(6)5(8)9/h2-4,7H,1H2,(H,8,9). The molecular formula is C5H7FO3. The van der Waals surface area contributed by atoms with Crippen LogP contribution in [-0.4, -0.2) is 28.5 Å². The third-order valence-electron chi connectivity index (χ3n) is 0.777. The second-order valence-electron chi connectivity index (χ2n) is 1.47. The highest BCUT2D eigenvalue weighted by atomic mass is 19.1. The summed E-state index contributed by atoms with van der Waals surface area (Å²) in [4.78, 5) is 9.72. The van der Waals surface area contributed by atoms with Crippen molar-refractivity contribution in [3.8, 4) is 0 Å².